The third-order valence-corrected chi connectivity index (χ3v) is 1.78. The number of nitrogens with one attached hydrogen (secondary N) is 1. The molecule has 0 aromatic carbocycles. The second kappa shape index (κ2) is 8.01. The Hall–Kier alpha value is -0.610. The zero-order chi connectivity index (χ0) is 10.1. The van der Waals surface area contributed by atoms with Crippen LogP contribution in [-0.2, 0) is 9.53 Å². The highest BCUT2D eigenvalue weighted by molar-refractivity contribution is 5.66. The van der Waals surface area contributed by atoms with Crippen molar-refractivity contribution in [2.75, 3.05) is 20.3 Å². The number of methoxy groups -OCH3 is 1. The molecule has 1 unspecified atom stereocenters. The molecule has 4 nitrogen and oxygen atoms in total. The number of rotatable bonds is 8. The Bertz CT molecular complexity index is 133. The zero-order valence-corrected chi connectivity index (χ0v) is 8.38. The predicted molar refractivity (Wildman–Crippen MR) is 50.8 cm³/mol. The van der Waals surface area contributed by atoms with Gasteiger partial charge in [-0.1, -0.05) is 13.3 Å². The van der Waals surface area contributed by atoms with Crippen molar-refractivity contribution >= 4 is 5.97 Å². The summed E-state index contributed by atoms with van der Waals surface area (Å²) in [7, 11) is 1.65. The van der Waals surface area contributed by atoms with E-state index >= 15 is 0 Å². The van der Waals surface area contributed by atoms with Gasteiger partial charge in [0.25, 0.3) is 0 Å². The highest BCUT2D eigenvalue weighted by atomic mass is 16.5. The van der Waals surface area contributed by atoms with Crippen molar-refractivity contribution in [2.24, 2.45) is 0 Å². The van der Waals surface area contributed by atoms with Crippen LogP contribution in [0.1, 0.15) is 26.2 Å². The lowest BCUT2D eigenvalue weighted by Crippen LogP contribution is -2.34. The molecule has 13 heavy (non-hydrogen) atoms. The fraction of sp³-hybridized carbons (Fsp3) is 0.889. The largest absolute Gasteiger partial charge is 0.481 e. The van der Waals surface area contributed by atoms with E-state index in [-0.39, 0.29) is 12.5 Å². The van der Waals surface area contributed by atoms with Gasteiger partial charge in [-0.2, -0.15) is 0 Å². The van der Waals surface area contributed by atoms with E-state index in [1.54, 1.807) is 7.11 Å². The smallest absolute Gasteiger partial charge is 0.304 e. The standard InChI is InChI=1S/C9H19NO3/c1-3-4-8(7-13-2)10-6-5-9(11)12/h8,10H,3-7H2,1-2H3,(H,11,12). The van der Waals surface area contributed by atoms with E-state index in [1.165, 1.54) is 0 Å². The summed E-state index contributed by atoms with van der Waals surface area (Å²) in [6.45, 7) is 3.26. The summed E-state index contributed by atoms with van der Waals surface area (Å²) in [4.78, 5) is 10.2. The van der Waals surface area contributed by atoms with E-state index in [2.05, 4.69) is 12.2 Å². The number of hydrogen-bond donors (Lipinski definition) is 2. The number of ether oxygens (including phenoxy) is 1. The monoisotopic (exact) mass is 189 g/mol. The SMILES string of the molecule is CCCC(COC)NCCC(=O)O. The molecule has 0 amide bonds. The van der Waals surface area contributed by atoms with Crippen LogP contribution in [0.2, 0.25) is 0 Å². The molecular formula is C9H19NO3. The van der Waals surface area contributed by atoms with Gasteiger partial charge in [-0.25, -0.2) is 0 Å². The van der Waals surface area contributed by atoms with Crippen molar-refractivity contribution in [3.63, 3.8) is 0 Å². The number of carboxylic acids is 1. The Morgan fingerprint density at radius 2 is 2.31 bits per heavy atom. The van der Waals surface area contributed by atoms with E-state index in [1.807, 2.05) is 0 Å². The number of hydrogen-bond acceptors (Lipinski definition) is 3. The maximum absolute atomic E-state index is 10.2. The summed E-state index contributed by atoms with van der Waals surface area (Å²) in [6.07, 6.45) is 2.27. The maximum Gasteiger partial charge on any atom is 0.304 e. The third kappa shape index (κ3) is 7.74. The first-order valence-electron chi connectivity index (χ1n) is 4.64. The quantitative estimate of drug-likeness (QED) is 0.594. The van der Waals surface area contributed by atoms with Gasteiger partial charge >= 0.3 is 5.97 Å². The molecule has 0 saturated carbocycles. The summed E-state index contributed by atoms with van der Waals surface area (Å²) in [6, 6.07) is 0.286. The second-order valence-corrected chi connectivity index (χ2v) is 3.04. The minimum absolute atomic E-state index is 0.171. The van der Waals surface area contributed by atoms with E-state index in [0.717, 1.165) is 12.8 Å². The maximum atomic E-state index is 10.2. The lowest BCUT2D eigenvalue weighted by molar-refractivity contribution is -0.136. The number of carbonyl (C=O) groups is 1. The molecule has 2 N–H and O–H groups in total. The molecule has 0 saturated heterocycles. The van der Waals surface area contributed by atoms with E-state index in [9.17, 15) is 4.79 Å². The summed E-state index contributed by atoms with van der Waals surface area (Å²) >= 11 is 0. The van der Waals surface area contributed by atoms with Crippen LogP contribution in [0.15, 0.2) is 0 Å². The fourth-order valence-electron chi connectivity index (χ4n) is 1.18. The Labute approximate surface area is 79.3 Å². The van der Waals surface area contributed by atoms with Gasteiger partial charge in [0, 0.05) is 19.7 Å². The Morgan fingerprint density at radius 1 is 1.62 bits per heavy atom. The van der Waals surface area contributed by atoms with Crippen LogP contribution in [0.25, 0.3) is 0 Å². The number of aliphatic carboxylic acids is 1. The molecule has 4 heteroatoms. The summed E-state index contributed by atoms with van der Waals surface area (Å²) in [5, 5.41) is 11.6. The molecule has 0 aromatic heterocycles. The lowest BCUT2D eigenvalue weighted by atomic mass is 10.2. The van der Waals surface area contributed by atoms with Crippen molar-refractivity contribution < 1.29 is 14.6 Å². The molecule has 0 heterocycles. The Morgan fingerprint density at radius 3 is 2.77 bits per heavy atom. The molecule has 0 aromatic rings. The van der Waals surface area contributed by atoms with Crippen LogP contribution < -0.4 is 5.32 Å². The minimum Gasteiger partial charge on any atom is -0.481 e. The van der Waals surface area contributed by atoms with Crippen molar-refractivity contribution in [1.82, 2.24) is 5.32 Å². The molecule has 0 spiro atoms. The van der Waals surface area contributed by atoms with Gasteiger partial charge in [0.05, 0.1) is 13.0 Å². The van der Waals surface area contributed by atoms with Crippen molar-refractivity contribution in [1.29, 1.82) is 0 Å². The molecule has 78 valence electrons. The van der Waals surface area contributed by atoms with Gasteiger partial charge in [0.2, 0.25) is 0 Å². The van der Waals surface area contributed by atoms with Gasteiger partial charge in [-0.3, -0.25) is 4.79 Å². The first-order chi connectivity index (χ1) is 6.20. The van der Waals surface area contributed by atoms with Crippen LogP contribution >= 0.6 is 0 Å². The molecule has 0 aliphatic rings. The first kappa shape index (κ1) is 12.4. The minimum atomic E-state index is -0.764. The molecule has 0 radical (unpaired) electrons. The molecule has 0 rings (SSSR count). The average Bonchev–Trinajstić information content (AvgIpc) is 2.04. The van der Waals surface area contributed by atoms with Crippen LogP contribution in [0, 0.1) is 0 Å². The normalized spacial score (nSPS) is 12.8. The average molecular weight is 189 g/mol. The topological polar surface area (TPSA) is 58.6 Å². The van der Waals surface area contributed by atoms with Gasteiger partial charge in [-0.05, 0) is 6.42 Å². The van der Waals surface area contributed by atoms with Gasteiger partial charge in [0.1, 0.15) is 0 Å². The van der Waals surface area contributed by atoms with E-state index < -0.39 is 5.97 Å². The van der Waals surface area contributed by atoms with E-state index in [4.69, 9.17) is 9.84 Å². The van der Waals surface area contributed by atoms with Gasteiger partial charge < -0.3 is 15.2 Å². The van der Waals surface area contributed by atoms with Crippen LogP contribution in [0.5, 0.6) is 0 Å². The second-order valence-electron chi connectivity index (χ2n) is 3.04. The Balaban J connectivity index is 3.49. The molecule has 1 atom stereocenters. The van der Waals surface area contributed by atoms with Gasteiger partial charge in [0.15, 0.2) is 0 Å². The number of carboxylic acid groups (broad SMARTS) is 1. The molecular weight excluding hydrogens is 170 g/mol. The Kier molecular flexibility index (Phi) is 7.63. The summed E-state index contributed by atoms with van der Waals surface area (Å²) < 4.78 is 5.00. The van der Waals surface area contributed by atoms with Crippen LogP contribution in [0.4, 0.5) is 0 Å². The van der Waals surface area contributed by atoms with Gasteiger partial charge in [-0.15, -0.1) is 0 Å². The van der Waals surface area contributed by atoms with E-state index in [0.29, 0.717) is 13.2 Å². The summed E-state index contributed by atoms with van der Waals surface area (Å²) in [5.41, 5.74) is 0. The summed E-state index contributed by atoms with van der Waals surface area (Å²) in [5.74, 6) is -0.764. The van der Waals surface area contributed by atoms with Crippen LogP contribution in [0.3, 0.4) is 0 Å². The predicted octanol–water partition coefficient (Wildman–Crippen LogP) is 0.866. The molecule has 0 aliphatic carbocycles. The zero-order valence-electron chi connectivity index (χ0n) is 8.38. The first-order valence-corrected chi connectivity index (χ1v) is 4.64. The molecule has 0 bridgehead atoms. The highest BCUT2D eigenvalue weighted by Crippen LogP contribution is 1.96. The van der Waals surface area contributed by atoms with Crippen LogP contribution in [-0.4, -0.2) is 37.4 Å². The van der Waals surface area contributed by atoms with Crippen molar-refractivity contribution in [3.8, 4) is 0 Å². The fourth-order valence-corrected chi connectivity index (χ4v) is 1.18. The van der Waals surface area contributed by atoms with Crippen molar-refractivity contribution in [2.45, 2.75) is 32.2 Å². The van der Waals surface area contributed by atoms with Crippen molar-refractivity contribution in [3.05, 3.63) is 0 Å². The molecule has 0 aliphatic heterocycles. The molecule has 0 fully saturated rings. The lowest BCUT2D eigenvalue weighted by Gasteiger charge is -2.16. The highest BCUT2D eigenvalue weighted by Gasteiger charge is 2.06. The third-order valence-electron chi connectivity index (χ3n) is 1.78.